The molecular formula is C37H25N3O. The normalized spacial score (nSPS) is 13.1. The summed E-state index contributed by atoms with van der Waals surface area (Å²) >= 11 is 0. The number of hydrogen-bond acceptors (Lipinski definition) is 2. The van der Waals surface area contributed by atoms with Crippen LogP contribution in [0.25, 0.3) is 78.2 Å². The molecule has 0 aliphatic heterocycles. The van der Waals surface area contributed by atoms with E-state index >= 15 is 0 Å². The van der Waals surface area contributed by atoms with Crippen molar-refractivity contribution in [1.82, 2.24) is 14.5 Å². The van der Waals surface area contributed by atoms with Gasteiger partial charge in [0.2, 0.25) is 5.89 Å². The van der Waals surface area contributed by atoms with Crippen molar-refractivity contribution in [2.24, 2.45) is 0 Å². The van der Waals surface area contributed by atoms with Gasteiger partial charge in [-0.25, -0.2) is 4.98 Å². The van der Waals surface area contributed by atoms with Crippen molar-refractivity contribution in [3.05, 3.63) is 127 Å². The predicted molar refractivity (Wildman–Crippen MR) is 168 cm³/mol. The molecule has 0 radical (unpaired) electrons. The van der Waals surface area contributed by atoms with Crippen LogP contribution in [0.15, 0.2) is 120 Å². The molecule has 41 heavy (non-hydrogen) atoms. The second kappa shape index (κ2) is 8.57. The second-order valence-corrected chi connectivity index (χ2v) is 10.8. The molecule has 0 atom stereocenters. The van der Waals surface area contributed by atoms with Crippen molar-refractivity contribution in [1.29, 1.82) is 0 Å². The topological polar surface area (TPSA) is 46.8 Å². The number of nitrogens with one attached hydrogen (secondary N) is 1. The van der Waals surface area contributed by atoms with Gasteiger partial charge in [0.1, 0.15) is 5.52 Å². The molecule has 4 nitrogen and oxygen atoms in total. The maximum Gasteiger partial charge on any atom is 0.227 e. The molecule has 1 aliphatic carbocycles. The molecule has 194 valence electrons. The Morgan fingerprint density at radius 3 is 2.46 bits per heavy atom. The molecule has 0 saturated carbocycles. The molecule has 0 unspecified atom stereocenters. The summed E-state index contributed by atoms with van der Waals surface area (Å²) in [6.07, 6.45) is 6.67. The third kappa shape index (κ3) is 3.37. The second-order valence-electron chi connectivity index (χ2n) is 10.8. The third-order valence-corrected chi connectivity index (χ3v) is 8.42. The van der Waals surface area contributed by atoms with Crippen LogP contribution in [0.1, 0.15) is 17.7 Å². The molecule has 3 aromatic heterocycles. The van der Waals surface area contributed by atoms with Crippen molar-refractivity contribution < 1.29 is 4.42 Å². The van der Waals surface area contributed by atoms with Crippen LogP contribution in [-0.2, 0) is 6.42 Å². The third-order valence-electron chi connectivity index (χ3n) is 8.42. The van der Waals surface area contributed by atoms with E-state index in [1.54, 1.807) is 0 Å². The van der Waals surface area contributed by atoms with Crippen molar-refractivity contribution in [2.45, 2.75) is 12.8 Å². The van der Waals surface area contributed by atoms with Crippen LogP contribution in [0, 0.1) is 0 Å². The van der Waals surface area contributed by atoms with Crippen LogP contribution in [0.2, 0.25) is 0 Å². The Balaban J connectivity index is 1.24. The molecule has 1 N–H and O–H groups in total. The zero-order valence-electron chi connectivity index (χ0n) is 22.3. The zero-order valence-corrected chi connectivity index (χ0v) is 22.3. The fourth-order valence-electron chi connectivity index (χ4n) is 6.55. The van der Waals surface area contributed by atoms with Gasteiger partial charge in [-0.05, 0) is 66.4 Å². The average molecular weight is 528 g/mol. The zero-order chi connectivity index (χ0) is 26.9. The summed E-state index contributed by atoms with van der Waals surface area (Å²) < 4.78 is 8.56. The van der Waals surface area contributed by atoms with Crippen molar-refractivity contribution in [3.8, 4) is 28.3 Å². The van der Waals surface area contributed by atoms with Crippen LogP contribution < -0.4 is 0 Å². The molecule has 4 heteroatoms. The number of nitrogens with zero attached hydrogens (tertiary/aromatic N) is 2. The maximum atomic E-state index is 6.08. The van der Waals surface area contributed by atoms with Crippen LogP contribution in [0.3, 0.4) is 0 Å². The lowest BCUT2D eigenvalue weighted by molar-refractivity contribution is 0.620. The van der Waals surface area contributed by atoms with Gasteiger partial charge in [0.25, 0.3) is 0 Å². The largest absolute Gasteiger partial charge is 0.436 e. The predicted octanol–water partition coefficient (Wildman–Crippen LogP) is 9.70. The standard InChI is InChI=1S/C37H25N3O/c1-3-15-31-27(13-1)29-19-20-30-28-14-2-5-17-33(28)40(36(30)35(29)38-31)26-12-8-10-24(22-26)23-9-7-11-25(21-23)37-39-32-16-4-6-18-34(32)41-37/h1-4,6-16,18-22,38H,5,17H2. The number of fused-ring (bicyclic) bond motifs is 8. The lowest BCUT2D eigenvalue weighted by Gasteiger charge is -2.15. The summed E-state index contributed by atoms with van der Waals surface area (Å²) in [5.74, 6) is 0.641. The number of aromatic amines is 1. The van der Waals surface area contributed by atoms with Gasteiger partial charge in [0, 0.05) is 44.2 Å². The fourth-order valence-corrected chi connectivity index (χ4v) is 6.55. The first kappa shape index (κ1) is 22.5. The van der Waals surface area contributed by atoms with Gasteiger partial charge in [-0.15, -0.1) is 0 Å². The number of hydrogen-bond donors (Lipinski definition) is 1. The number of aromatic nitrogens is 3. The Hall–Kier alpha value is -5.35. The van der Waals surface area contributed by atoms with Crippen LogP contribution in [-0.4, -0.2) is 14.5 Å². The smallest absolute Gasteiger partial charge is 0.227 e. The van der Waals surface area contributed by atoms with Gasteiger partial charge in [-0.3, -0.25) is 0 Å². The Morgan fingerprint density at radius 1 is 0.707 bits per heavy atom. The lowest BCUT2D eigenvalue weighted by Crippen LogP contribution is -2.03. The molecule has 9 rings (SSSR count). The van der Waals surface area contributed by atoms with E-state index in [9.17, 15) is 0 Å². The van der Waals surface area contributed by atoms with E-state index in [1.165, 1.54) is 49.7 Å². The Morgan fingerprint density at radius 2 is 1.51 bits per heavy atom. The highest BCUT2D eigenvalue weighted by molar-refractivity contribution is 6.18. The number of rotatable bonds is 3. The Bertz CT molecular complexity index is 2300. The van der Waals surface area contributed by atoms with E-state index in [0.717, 1.165) is 40.6 Å². The molecule has 0 amide bonds. The summed E-state index contributed by atoms with van der Waals surface area (Å²) in [5, 5.41) is 3.81. The van der Waals surface area contributed by atoms with Crippen LogP contribution in [0.4, 0.5) is 0 Å². The maximum absolute atomic E-state index is 6.08. The molecule has 0 saturated heterocycles. The van der Waals surface area contributed by atoms with Crippen molar-refractivity contribution >= 4 is 49.9 Å². The molecule has 0 bridgehead atoms. The highest BCUT2D eigenvalue weighted by Gasteiger charge is 2.22. The van der Waals surface area contributed by atoms with Gasteiger partial charge in [-0.1, -0.05) is 78.9 Å². The summed E-state index contributed by atoms with van der Waals surface area (Å²) in [7, 11) is 0. The quantitative estimate of drug-likeness (QED) is 0.249. The minimum absolute atomic E-state index is 0.641. The van der Waals surface area contributed by atoms with E-state index in [4.69, 9.17) is 9.40 Å². The highest BCUT2D eigenvalue weighted by Crippen LogP contribution is 2.40. The molecule has 8 aromatic rings. The monoisotopic (exact) mass is 527 g/mol. The number of H-pyrrole nitrogens is 1. The average Bonchev–Trinajstić information content (AvgIpc) is 3.73. The van der Waals surface area contributed by atoms with Gasteiger partial charge >= 0.3 is 0 Å². The summed E-state index contributed by atoms with van der Waals surface area (Å²) in [5.41, 5.74) is 12.4. The van der Waals surface area contributed by atoms with Gasteiger partial charge in [-0.2, -0.15) is 0 Å². The first-order chi connectivity index (χ1) is 20.3. The summed E-state index contributed by atoms with van der Waals surface area (Å²) in [6.45, 7) is 0. The number of benzene rings is 5. The van der Waals surface area contributed by atoms with E-state index < -0.39 is 0 Å². The van der Waals surface area contributed by atoms with Gasteiger partial charge < -0.3 is 14.0 Å². The van der Waals surface area contributed by atoms with Crippen LogP contribution in [0.5, 0.6) is 0 Å². The van der Waals surface area contributed by atoms with E-state index in [0.29, 0.717) is 5.89 Å². The van der Waals surface area contributed by atoms with Crippen molar-refractivity contribution in [3.63, 3.8) is 0 Å². The minimum atomic E-state index is 0.641. The number of oxazole rings is 1. The molecule has 0 fully saturated rings. The molecule has 0 spiro atoms. The molecule has 1 aliphatic rings. The number of allylic oxidation sites excluding steroid dienone is 1. The van der Waals surface area contributed by atoms with E-state index in [2.05, 4.69) is 107 Å². The molecule has 3 heterocycles. The van der Waals surface area contributed by atoms with Crippen LogP contribution >= 0.6 is 0 Å². The molecule has 5 aromatic carbocycles. The fraction of sp³-hybridized carbons (Fsp3) is 0.0541. The first-order valence-corrected chi connectivity index (χ1v) is 14.1. The summed E-state index contributed by atoms with van der Waals surface area (Å²) in [4.78, 5) is 8.49. The highest BCUT2D eigenvalue weighted by atomic mass is 16.3. The molecular weight excluding hydrogens is 502 g/mol. The van der Waals surface area contributed by atoms with Gasteiger partial charge in [0.05, 0.1) is 11.0 Å². The minimum Gasteiger partial charge on any atom is -0.436 e. The Labute approximate surface area is 236 Å². The number of para-hydroxylation sites is 3. The lowest BCUT2D eigenvalue weighted by atomic mass is 10.0. The van der Waals surface area contributed by atoms with Gasteiger partial charge in [0.15, 0.2) is 5.58 Å². The Kier molecular flexibility index (Phi) is 4.70. The van der Waals surface area contributed by atoms with E-state index in [1.807, 2.05) is 24.3 Å². The summed E-state index contributed by atoms with van der Waals surface area (Å²) in [6, 6.07) is 38.4. The first-order valence-electron chi connectivity index (χ1n) is 14.1. The van der Waals surface area contributed by atoms with E-state index in [-0.39, 0.29) is 0 Å². The van der Waals surface area contributed by atoms with Crippen molar-refractivity contribution in [2.75, 3.05) is 0 Å². The SMILES string of the molecule is C1=Cc2c(n(-c3cccc(-c4cccc(-c5nc6ccccc6o5)c4)c3)c3c2ccc2c4ccccc4[nH]c23)CC1.